The van der Waals surface area contributed by atoms with Gasteiger partial charge in [0.2, 0.25) is 0 Å². The van der Waals surface area contributed by atoms with Crippen molar-refractivity contribution in [2.45, 2.75) is 46.4 Å². The molecule has 2 rings (SSSR count). The highest BCUT2D eigenvalue weighted by atomic mass is 35.5. The molecule has 2 aromatic carbocycles. The van der Waals surface area contributed by atoms with Crippen LogP contribution >= 0.6 is 23.2 Å². The number of halogens is 2. The van der Waals surface area contributed by atoms with E-state index in [0.29, 0.717) is 16.6 Å². The molecule has 0 spiro atoms. The average molecular weight is 395 g/mol. The molecule has 0 amide bonds. The molecule has 0 saturated carbocycles. The van der Waals surface area contributed by atoms with Crippen molar-refractivity contribution in [3.8, 4) is 11.5 Å². The molecule has 0 saturated heterocycles. The SMILES string of the molecule is CC(C)Oc1ccc(/C=N/NCc2c(Cl)cccc2Cl)c(OC(C)C)c1. The zero-order valence-corrected chi connectivity index (χ0v) is 16.9. The third-order valence-electron chi connectivity index (χ3n) is 3.33. The van der Waals surface area contributed by atoms with Gasteiger partial charge in [0, 0.05) is 27.2 Å². The predicted octanol–water partition coefficient (Wildman–Crippen LogP) is 5.69. The molecule has 26 heavy (non-hydrogen) atoms. The predicted molar refractivity (Wildman–Crippen MR) is 109 cm³/mol. The lowest BCUT2D eigenvalue weighted by Gasteiger charge is -2.15. The second-order valence-electron chi connectivity index (χ2n) is 6.33. The Labute approximate surface area is 165 Å². The largest absolute Gasteiger partial charge is 0.491 e. The maximum Gasteiger partial charge on any atom is 0.132 e. The molecule has 0 unspecified atom stereocenters. The molecule has 6 heteroatoms. The Bertz CT molecular complexity index is 741. The number of hydrogen-bond donors (Lipinski definition) is 1. The summed E-state index contributed by atoms with van der Waals surface area (Å²) in [5.41, 5.74) is 4.64. The molecule has 0 aliphatic rings. The van der Waals surface area contributed by atoms with E-state index in [1.807, 2.05) is 52.0 Å². The summed E-state index contributed by atoms with van der Waals surface area (Å²) in [7, 11) is 0. The zero-order valence-electron chi connectivity index (χ0n) is 15.4. The number of nitrogens with one attached hydrogen (secondary N) is 1. The highest BCUT2D eigenvalue weighted by Crippen LogP contribution is 2.26. The topological polar surface area (TPSA) is 42.8 Å². The molecule has 0 aliphatic heterocycles. The zero-order chi connectivity index (χ0) is 19.1. The maximum atomic E-state index is 6.16. The quantitative estimate of drug-likeness (QED) is 0.461. The fourth-order valence-electron chi connectivity index (χ4n) is 2.26. The minimum Gasteiger partial charge on any atom is -0.491 e. The Morgan fingerprint density at radius 1 is 1.00 bits per heavy atom. The van der Waals surface area contributed by atoms with Crippen LogP contribution in [0.5, 0.6) is 11.5 Å². The summed E-state index contributed by atoms with van der Waals surface area (Å²) in [6.45, 7) is 8.37. The second-order valence-corrected chi connectivity index (χ2v) is 7.14. The van der Waals surface area contributed by atoms with Crippen LogP contribution in [0.25, 0.3) is 0 Å². The lowest BCUT2D eigenvalue weighted by Crippen LogP contribution is -2.10. The Morgan fingerprint density at radius 2 is 1.65 bits per heavy atom. The summed E-state index contributed by atoms with van der Waals surface area (Å²) in [4.78, 5) is 0. The van der Waals surface area contributed by atoms with Crippen LogP contribution in [0.1, 0.15) is 38.8 Å². The summed E-state index contributed by atoms with van der Waals surface area (Å²) in [6, 6.07) is 11.1. The van der Waals surface area contributed by atoms with E-state index in [4.69, 9.17) is 32.7 Å². The molecule has 0 aromatic heterocycles. The number of nitrogens with zero attached hydrogens (tertiary/aromatic N) is 1. The van der Waals surface area contributed by atoms with Gasteiger partial charge in [0.1, 0.15) is 11.5 Å². The van der Waals surface area contributed by atoms with Crippen LogP contribution in [0.3, 0.4) is 0 Å². The minimum atomic E-state index is 0.0475. The van der Waals surface area contributed by atoms with Crippen LogP contribution in [0.4, 0.5) is 0 Å². The lowest BCUT2D eigenvalue weighted by atomic mass is 10.2. The molecule has 1 N–H and O–H groups in total. The highest BCUT2D eigenvalue weighted by molar-refractivity contribution is 6.35. The van der Waals surface area contributed by atoms with E-state index in [9.17, 15) is 0 Å². The second kappa shape index (κ2) is 9.70. The van der Waals surface area contributed by atoms with Gasteiger partial charge in [-0.2, -0.15) is 5.10 Å². The summed E-state index contributed by atoms with van der Waals surface area (Å²) in [5.74, 6) is 1.49. The van der Waals surface area contributed by atoms with Crippen LogP contribution in [0, 0.1) is 0 Å². The number of hydrazone groups is 1. The molecule has 0 aliphatic carbocycles. The molecule has 2 aromatic rings. The molecule has 4 nitrogen and oxygen atoms in total. The number of hydrogen-bond acceptors (Lipinski definition) is 4. The maximum absolute atomic E-state index is 6.16. The summed E-state index contributed by atoms with van der Waals surface area (Å²) >= 11 is 12.3. The van der Waals surface area contributed by atoms with Gasteiger partial charge in [-0.3, -0.25) is 0 Å². The molecule has 0 bridgehead atoms. The van der Waals surface area contributed by atoms with Crippen LogP contribution < -0.4 is 14.9 Å². The first-order chi connectivity index (χ1) is 12.4. The van der Waals surface area contributed by atoms with E-state index >= 15 is 0 Å². The Kier molecular flexibility index (Phi) is 7.61. The first-order valence-corrected chi connectivity index (χ1v) is 9.28. The minimum absolute atomic E-state index is 0.0475. The van der Waals surface area contributed by atoms with Crippen molar-refractivity contribution in [1.82, 2.24) is 5.43 Å². The van der Waals surface area contributed by atoms with E-state index in [0.717, 1.165) is 22.6 Å². The highest BCUT2D eigenvalue weighted by Gasteiger charge is 2.08. The molecule has 0 atom stereocenters. The first-order valence-electron chi connectivity index (χ1n) is 8.53. The Hall–Kier alpha value is -1.91. The fourth-order valence-corrected chi connectivity index (χ4v) is 2.79. The van der Waals surface area contributed by atoms with Gasteiger partial charge in [-0.1, -0.05) is 29.3 Å². The van der Waals surface area contributed by atoms with Gasteiger partial charge in [0.15, 0.2) is 0 Å². The standard InChI is InChI=1S/C20H24Cl2N2O2/c1-13(2)25-16-9-8-15(20(10-16)26-14(3)4)11-23-24-12-17-18(21)6-5-7-19(17)22/h5-11,13-14,24H,12H2,1-4H3/b23-11+. The molecular weight excluding hydrogens is 371 g/mol. The van der Waals surface area contributed by atoms with Crippen LogP contribution in [-0.4, -0.2) is 18.4 Å². The van der Waals surface area contributed by atoms with Crippen molar-refractivity contribution >= 4 is 29.4 Å². The average Bonchev–Trinajstić information content (AvgIpc) is 2.54. The van der Waals surface area contributed by atoms with E-state index in [1.54, 1.807) is 18.3 Å². The van der Waals surface area contributed by atoms with E-state index in [1.165, 1.54) is 0 Å². The van der Waals surface area contributed by atoms with Crippen LogP contribution in [0.2, 0.25) is 10.0 Å². The number of ether oxygens (including phenoxy) is 2. The van der Waals surface area contributed by atoms with E-state index in [-0.39, 0.29) is 12.2 Å². The lowest BCUT2D eigenvalue weighted by molar-refractivity contribution is 0.229. The van der Waals surface area contributed by atoms with Crippen molar-refractivity contribution in [2.75, 3.05) is 0 Å². The Morgan fingerprint density at radius 3 is 2.27 bits per heavy atom. The molecular formula is C20H24Cl2N2O2. The van der Waals surface area contributed by atoms with Crippen molar-refractivity contribution in [3.63, 3.8) is 0 Å². The van der Waals surface area contributed by atoms with Crippen molar-refractivity contribution < 1.29 is 9.47 Å². The third-order valence-corrected chi connectivity index (χ3v) is 4.04. The van der Waals surface area contributed by atoms with Gasteiger partial charge < -0.3 is 14.9 Å². The van der Waals surface area contributed by atoms with Crippen LogP contribution in [-0.2, 0) is 6.54 Å². The number of rotatable bonds is 8. The smallest absolute Gasteiger partial charge is 0.132 e. The van der Waals surface area contributed by atoms with Crippen LogP contribution in [0.15, 0.2) is 41.5 Å². The summed E-state index contributed by atoms with van der Waals surface area (Å²) in [5, 5.41) is 5.49. The van der Waals surface area contributed by atoms with Crippen molar-refractivity contribution in [1.29, 1.82) is 0 Å². The normalized spacial score (nSPS) is 11.4. The van der Waals surface area contributed by atoms with Gasteiger partial charge in [0.05, 0.1) is 25.0 Å². The van der Waals surface area contributed by atoms with Gasteiger partial charge in [-0.25, -0.2) is 0 Å². The van der Waals surface area contributed by atoms with Crippen molar-refractivity contribution in [2.24, 2.45) is 5.10 Å². The molecule has 0 fully saturated rings. The van der Waals surface area contributed by atoms with Gasteiger partial charge >= 0.3 is 0 Å². The van der Waals surface area contributed by atoms with E-state index < -0.39 is 0 Å². The first kappa shape index (κ1) is 20.4. The molecule has 0 radical (unpaired) electrons. The van der Waals surface area contributed by atoms with Gasteiger partial charge in [-0.15, -0.1) is 0 Å². The molecule has 140 valence electrons. The third kappa shape index (κ3) is 6.11. The number of benzene rings is 2. The summed E-state index contributed by atoms with van der Waals surface area (Å²) in [6.07, 6.45) is 1.86. The summed E-state index contributed by atoms with van der Waals surface area (Å²) < 4.78 is 11.6. The fraction of sp³-hybridized carbons (Fsp3) is 0.350. The van der Waals surface area contributed by atoms with Gasteiger partial charge in [0.25, 0.3) is 0 Å². The van der Waals surface area contributed by atoms with Gasteiger partial charge in [-0.05, 0) is 52.0 Å². The Balaban J connectivity index is 2.10. The monoisotopic (exact) mass is 394 g/mol. The van der Waals surface area contributed by atoms with E-state index in [2.05, 4.69) is 10.5 Å². The molecule has 0 heterocycles. The van der Waals surface area contributed by atoms with Crippen molar-refractivity contribution in [3.05, 3.63) is 57.6 Å².